The van der Waals surface area contributed by atoms with E-state index in [2.05, 4.69) is 26.1 Å². The average Bonchev–Trinajstić information content (AvgIpc) is 3.34. The molecule has 3 N–H and O–H groups in total. The van der Waals surface area contributed by atoms with Crippen molar-refractivity contribution in [3.63, 3.8) is 0 Å². The highest BCUT2D eigenvalue weighted by molar-refractivity contribution is 6.30. The van der Waals surface area contributed by atoms with Crippen LogP contribution in [0.3, 0.4) is 0 Å². The monoisotopic (exact) mass is 484 g/mol. The van der Waals surface area contributed by atoms with Crippen molar-refractivity contribution in [1.29, 1.82) is 0 Å². The Labute approximate surface area is 203 Å². The molecule has 0 radical (unpaired) electrons. The third kappa shape index (κ3) is 4.40. The maximum absolute atomic E-state index is 13.1. The number of fused-ring (bicyclic) bond motifs is 1. The second-order valence-electron chi connectivity index (χ2n) is 7.52. The summed E-state index contributed by atoms with van der Waals surface area (Å²) in [6, 6.07) is 24.4. The number of amides is 2. The van der Waals surface area contributed by atoms with Crippen molar-refractivity contribution in [3.8, 4) is 16.9 Å². The molecular formula is C25H17ClN6O3. The Morgan fingerprint density at radius 3 is 2.23 bits per heavy atom. The Hall–Kier alpha value is -4.76. The van der Waals surface area contributed by atoms with Gasteiger partial charge in [0.1, 0.15) is 5.69 Å². The summed E-state index contributed by atoms with van der Waals surface area (Å²) in [4.78, 5) is 37.9. The van der Waals surface area contributed by atoms with E-state index < -0.39 is 17.4 Å². The van der Waals surface area contributed by atoms with Crippen LogP contribution in [0.2, 0.25) is 5.02 Å². The zero-order chi connectivity index (χ0) is 24.4. The highest BCUT2D eigenvalue weighted by atomic mass is 35.5. The van der Waals surface area contributed by atoms with E-state index in [0.717, 1.165) is 5.56 Å². The lowest BCUT2D eigenvalue weighted by Gasteiger charge is -2.10. The van der Waals surface area contributed by atoms with Gasteiger partial charge in [0.25, 0.3) is 17.4 Å². The lowest BCUT2D eigenvalue weighted by atomic mass is 10.1. The Morgan fingerprint density at radius 1 is 0.829 bits per heavy atom. The van der Waals surface area contributed by atoms with Crippen LogP contribution in [0.15, 0.2) is 89.7 Å². The van der Waals surface area contributed by atoms with Crippen molar-refractivity contribution >= 4 is 34.2 Å². The number of carbonyl (C=O) groups excluding carboxylic acids is 2. The molecule has 0 spiro atoms. The molecule has 2 aromatic heterocycles. The molecule has 5 aromatic rings. The van der Waals surface area contributed by atoms with Crippen molar-refractivity contribution in [2.75, 3.05) is 0 Å². The van der Waals surface area contributed by atoms with Crippen molar-refractivity contribution < 1.29 is 9.59 Å². The number of rotatable bonds is 4. The van der Waals surface area contributed by atoms with Crippen molar-refractivity contribution in [1.82, 2.24) is 30.8 Å². The van der Waals surface area contributed by atoms with Crippen molar-refractivity contribution in [2.24, 2.45) is 0 Å². The van der Waals surface area contributed by atoms with Gasteiger partial charge in [-0.3, -0.25) is 25.2 Å². The molecule has 2 heterocycles. The number of aromatic amines is 1. The number of benzene rings is 3. The molecule has 172 valence electrons. The average molecular weight is 485 g/mol. The molecule has 0 fully saturated rings. The summed E-state index contributed by atoms with van der Waals surface area (Å²) in [6.07, 6.45) is 0. The number of hydrazine groups is 1. The van der Waals surface area contributed by atoms with Gasteiger partial charge in [0.05, 0.1) is 16.8 Å². The van der Waals surface area contributed by atoms with Gasteiger partial charge in [-0.2, -0.15) is 10.2 Å². The summed E-state index contributed by atoms with van der Waals surface area (Å²) in [6.45, 7) is 0. The Balaban J connectivity index is 1.44. The van der Waals surface area contributed by atoms with Gasteiger partial charge in [-0.15, -0.1) is 0 Å². The largest absolute Gasteiger partial charge is 0.290 e. The Morgan fingerprint density at radius 2 is 1.49 bits per heavy atom. The molecular weight excluding hydrogens is 468 g/mol. The quantitative estimate of drug-likeness (QED) is 0.337. The Bertz CT molecular complexity index is 1610. The number of para-hydroxylation sites is 1. The number of hydrogen-bond donors (Lipinski definition) is 3. The van der Waals surface area contributed by atoms with Crippen LogP contribution < -0.4 is 16.4 Å². The van der Waals surface area contributed by atoms with Crippen LogP contribution in [-0.4, -0.2) is 31.8 Å². The predicted octanol–water partition coefficient (Wildman–Crippen LogP) is 3.50. The molecule has 0 saturated heterocycles. The first-order valence-corrected chi connectivity index (χ1v) is 10.9. The summed E-state index contributed by atoms with van der Waals surface area (Å²) in [7, 11) is 0. The molecule has 2 amide bonds. The number of H-pyrrole nitrogens is 1. The van der Waals surface area contributed by atoms with Gasteiger partial charge >= 0.3 is 0 Å². The van der Waals surface area contributed by atoms with Gasteiger partial charge in [0, 0.05) is 16.0 Å². The first-order chi connectivity index (χ1) is 17.0. The van der Waals surface area contributed by atoms with E-state index in [0.29, 0.717) is 27.2 Å². The molecule has 35 heavy (non-hydrogen) atoms. The van der Waals surface area contributed by atoms with Crippen LogP contribution in [0, 0.1) is 0 Å². The van der Waals surface area contributed by atoms with Gasteiger partial charge in [-0.05, 0) is 36.4 Å². The van der Waals surface area contributed by atoms with E-state index in [1.54, 1.807) is 54.6 Å². The highest BCUT2D eigenvalue weighted by Crippen LogP contribution is 2.23. The third-order valence-electron chi connectivity index (χ3n) is 5.28. The van der Waals surface area contributed by atoms with Crippen molar-refractivity contribution in [2.45, 2.75) is 0 Å². The number of hydrogen-bond acceptors (Lipinski definition) is 5. The summed E-state index contributed by atoms with van der Waals surface area (Å²) < 4.78 is 1.49. The number of halogens is 1. The normalized spacial score (nSPS) is 10.8. The van der Waals surface area contributed by atoms with E-state index in [4.69, 9.17) is 11.6 Å². The molecule has 0 unspecified atom stereocenters. The first-order valence-electron chi connectivity index (χ1n) is 10.5. The number of nitrogens with zero attached hydrogens (tertiary/aromatic N) is 3. The second-order valence-corrected chi connectivity index (χ2v) is 7.96. The van der Waals surface area contributed by atoms with E-state index in [1.165, 1.54) is 4.68 Å². The topological polar surface area (TPSA) is 122 Å². The van der Waals surface area contributed by atoms with E-state index in [9.17, 15) is 14.4 Å². The minimum Gasteiger partial charge on any atom is -0.267 e. The molecule has 5 rings (SSSR count). The third-order valence-corrected chi connectivity index (χ3v) is 5.54. The summed E-state index contributed by atoms with van der Waals surface area (Å²) in [5.41, 5.74) is 6.51. The fraction of sp³-hybridized carbons (Fsp3) is 0. The second kappa shape index (κ2) is 9.24. The van der Waals surface area contributed by atoms with Crippen LogP contribution in [0.25, 0.3) is 27.7 Å². The van der Waals surface area contributed by atoms with Gasteiger partial charge in [0.15, 0.2) is 5.69 Å². The van der Waals surface area contributed by atoms with Crippen molar-refractivity contribution in [3.05, 3.63) is 112 Å². The SMILES string of the molecule is O=C(NNC(=O)c1cc(-c2ccc(Cl)cc2)nn1-c1ccccc1)c1n[nH]c(=O)c2ccccc12. The molecule has 0 atom stereocenters. The fourth-order valence-electron chi connectivity index (χ4n) is 3.60. The van der Waals surface area contributed by atoms with Gasteiger partial charge in [-0.25, -0.2) is 9.78 Å². The highest BCUT2D eigenvalue weighted by Gasteiger charge is 2.20. The summed E-state index contributed by atoms with van der Waals surface area (Å²) >= 11 is 5.99. The van der Waals surface area contributed by atoms with Crippen LogP contribution >= 0.6 is 11.6 Å². The Kier molecular flexibility index (Phi) is 5.82. The molecule has 0 aliphatic rings. The van der Waals surface area contributed by atoms with Gasteiger partial charge < -0.3 is 0 Å². The maximum atomic E-state index is 13.1. The molecule has 0 aliphatic carbocycles. The molecule has 0 aliphatic heterocycles. The fourth-order valence-corrected chi connectivity index (χ4v) is 3.72. The first kappa shape index (κ1) is 22.1. The number of carbonyl (C=O) groups is 2. The van der Waals surface area contributed by atoms with Crippen LogP contribution in [0.5, 0.6) is 0 Å². The zero-order valence-electron chi connectivity index (χ0n) is 18.0. The van der Waals surface area contributed by atoms with Crippen LogP contribution in [-0.2, 0) is 0 Å². The minimum atomic E-state index is -0.686. The lowest BCUT2D eigenvalue weighted by molar-refractivity contribution is 0.0840. The zero-order valence-corrected chi connectivity index (χ0v) is 18.8. The van der Waals surface area contributed by atoms with E-state index in [-0.39, 0.29) is 11.4 Å². The van der Waals surface area contributed by atoms with E-state index in [1.807, 2.05) is 30.3 Å². The standard InChI is InChI=1S/C25H17ClN6O3/c26-16-12-10-15(11-13-16)20-14-21(32(31-20)17-6-2-1-3-7-17)24(34)29-30-25(35)22-18-8-4-5-9-19(18)23(33)28-27-22/h1-14H,(H,28,33)(H,29,34)(H,30,35). The van der Waals surface area contributed by atoms with E-state index >= 15 is 0 Å². The number of nitrogens with one attached hydrogen (secondary N) is 3. The minimum absolute atomic E-state index is 0.0288. The maximum Gasteiger partial charge on any atom is 0.290 e. The molecule has 3 aromatic carbocycles. The summed E-state index contributed by atoms with van der Waals surface area (Å²) in [5, 5.41) is 12.0. The van der Waals surface area contributed by atoms with Crippen LogP contribution in [0.4, 0.5) is 0 Å². The lowest BCUT2D eigenvalue weighted by Crippen LogP contribution is -2.43. The number of aromatic nitrogens is 4. The van der Waals surface area contributed by atoms with Crippen LogP contribution in [0.1, 0.15) is 21.0 Å². The molecule has 0 bridgehead atoms. The van der Waals surface area contributed by atoms with Gasteiger partial charge in [-0.1, -0.05) is 60.1 Å². The predicted molar refractivity (Wildman–Crippen MR) is 131 cm³/mol. The molecule has 10 heteroatoms. The summed E-state index contributed by atoms with van der Waals surface area (Å²) in [5.74, 6) is -1.28. The smallest absolute Gasteiger partial charge is 0.267 e. The molecule has 9 nitrogen and oxygen atoms in total. The molecule has 0 saturated carbocycles. The van der Waals surface area contributed by atoms with Gasteiger partial charge in [0.2, 0.25) is 0 Å².